The number of rotatable bonds is 4. The number of nitrogens with zero attached hydrogens (tertiary/aromatic N) is 1. The highest BCUT2D eigenvalue weighted by atomic mass is 19.4. The number of halogens is 3. The molecule has 0 aliphatic heterocycles. The van der Waals surface area contributed by atoms with Crippen LogP contribution in [0.3, 0.4) is 0 Å². The van der Waals surface area contributed by atoms with E-state index in [4.69, 9.17) is 9.15 Å². The van der Waals surface area contributed by atoms with Gasteiger partial charge >= 0.3 is 12.3 Å². The standard InChI is InChI=1S/C13H10F3NO4/c1-2-19-12(18)10-7-20-11(17-10)8-4-3-5-9(6-8)21-13(14,15)16/h3-7H,2H2,1H3. The highest BCUT2D eigenvalue weighted by Crippen LogP contribution is 2.27. The van der Waals surface area contributed by atoms with Crippen LogP contribution >= 0.6 is 0 Å². The van der Waals surface area contributed by atoms with Crippen LogP contribution in [0.25, 0.3) is 11.5 Å². The highest BCUT2D eigenvalue weighted by Gasteiger charge is 2.31. The maximum atomic E-state index is 12.1. The molecule has 0 bridgehead atoms. The smallest absolute Gasteiger partial charge is 0.461 e. The van der Waals surface area contributed by atoms with Crippen LogP contribution in [0.1, 0.15) is 17.4 Å². The lowest BCUT2D eigenvalue weighted by molar-refractivity contribution is -0.274. The molecule has 0 saturated carbocycles. The number of carbonyl (C=O) groups excluding carboxylic acids is 1. The molecule has 0 unspecified atom stereocenters. The highest BCUT2D eigenvalue weighted by molar-refractivity contribution is 5.87. The number of hydrogen-bond donors (Lipinski definition) is 0. The van der Waals surface area contributed by atoms with Gasteiger partial charge in [-0.05, 0) is 25.1 Å². The van der Waals surface area contributed by atoms with Gasteiger partial charge in [0, 0.05) is 5.56 Å². The van der Waals surface area contributed by atoms with Gasteiger partial charge in [0.15, 0.2) is 5.69 Å². The summed E-state index contributed by atoms with van der Waals surface area (Å²) in [6.07, 6.45) is -3.71. The van der Waals surface area contributed by atoms with Gasteiger partial charge < -0.3 is 13.9 Å². The number of esters is 1. The maximum Gasteiger partial charge on any atom is 0.573 e. The van der Waals surface area contributed by atoms with E-state index in [0.29, 0.717) is 0 Å². The molecular formula is C13H10F3NO4. The molecule has 0 spiro atoms. The van der Waals surface area contributed by atoms with Crippen molar-refractivity contribution in [2.24, 2.45) is 0 Å². The minimum Gasteiger partial charge on any atom is -0.461 e. The predicted octanol–water partition coefficient (Wildman–Crippen LogP) is 3.42. The molecule has 0 radical (unpaired) electrons. The van der Waals surface area contributed by atoms with Crippen molar-refractivity contribution < 1.29 is 31.9 Å². The van der Waals surface area contributed by atoms with Crippen molar-refractivity contribution in [1.82, 2.24) is 4.98 Å². The van der Waals surface area contributed by atoms with Crippen molar-refractivity contribution in [2.45, 2.75) is 13.3 Å². The van der Waals surface area contributed by atoms with Crippen LogP contribution < -0.4 is 4.74 Å². The summed E-state index contributed by atoms with van der Waals surface area (Å²) in [5.74, 6) is -1.09. The van der Waals surface area contributed by atoms with E-state index in [1.54, 1.807) is 6.92 Å². The van der Waals surface area contributed by atoms with Crippen molar-refractivity contribution in [3.8, 4) is 17.2 Å². The molecule has 0 amide bonds. The summed E-state index contributed by atoms with van der Waals surface area (Å²) in [4.78, 5) is 15.3. The second-order valence-electron chi connectivity index (χ2n) is 3.83. The Morgan fingerprint density at radius 3 is 2.81 bits per heavy atom. The molecule has 0 saturated heterocycles. The molecular weight excluding hydrogens is 291 g/mol. The second-order valence-corrected chi connectivity index (χ2v) is 3.83. The van der Waals surface area contributed by atoms with E-state index in [1.807, 2.05) is 0 Å². The monoisotopic (exact) mass is 301 g/mol. The first-order valence-corrected chi connectivity index (χ1v) is 5.88. The first-order valence-electron chi connectivity index (χ1n) is 5.88. The molecule has 0 fully saturated rings. The number of oxazole rings is 1. The molecule has 2 rings (SSSR count). The largest absolute Gasteiger partial charge is 0.573 e. The van der Waals surface area contributed by atoms with Gasteiger partial charge in [-0.25, -0.2) is 9.78 Å². The Kier molecular flexibility index (Phi) is 4.15. The van der Waals surface area contributed by atoms with Crippen LogP contribution in [0, 0.1) is 0 Å². The van der Waals surface area contributed by atoms with Gasteiger partial charge in [0.1, 0.15) is 12.0 Å². The van der Waals surface area contributed by atoms with E-state index in [0.717, 1.165) is 18.4 Å². The van der Waals surface area contributed by atoms with E-state index in [2.05, 4.69) is 9.72 Å². The summed E-state index contributed by atoms with van der Waals surface area (Å²) in [6.45, 7) is 1.81. The Balaban J connectivity index is 2.22. The average Bonchev–Trinajstić information content (AvgIpc) is 2.87. The van der Waals surface area contributed by atoms with Crippen molar-refractivity contribution in [3.05, 3.63) is 36.2 Å². The molecule has 8 heteroatoms. The molecule has 5 nitrogen and oxygen atoms in total. The third-order valence-electron chi connectivity index (χ3n) is 2.30. The van der Waals surface area contributed by atoms with E-state index < -0.39 is 18.1 Å². The summed E-state index contributed by atoms with van der Waals surface area (Å²) in [6, 6.07) is 5.08. The number of alkyl halides is 3. The summed E-state index contributed by atoms with van der Waals surface area (Å²) in [5.41, 5.74) is 0.182. The van der Waals surface area contributed by atoms with Gasteiger partial charge in [-0.1, -0.05) is 6.07 Å². The summed E-state index contributed by atoms with van der Waals surface area (Å²) < 4.78 is 50.0. The summed E-state index contributed by atoms with van der Waals surface area (Å²) in [7, 11) is 0. The molecule has 0 atom stereocenters. The number of carbonyl (C=O) groups is 1. The lowest BCUT2D eigenvalue weighted by Crippen LogP contribution is -2.17. The van der Waals surface area contributed by atoms with Crippen LogP contribution in [-0.4, -0.2) is 23.9 Å². The lowest BCUT2D eigenvalue weighted by atomic mass is 10.2. The number of ether oxygens (including phenoxy) is 2. The molecule has 2 aromatic rings. The fourth-order valence-corrected chi connectivity index (χ4v) is 1.53. The van der Waals surface area contributed by atoms with Crippen LogP contribution in [0.2, 0.25) is 0 Å². The Bertz CT molecular complexity index is 636. The van der Waals surface area contributed by atoms with E-state index in [1.165, 1.54) is 12.1 Å². The minimum absolute atomic E-state index is 0.00863. The van der Waals surface area contributed by atoms with Crippen molar-refractivity contribution in [1.29, 1.82) is 0 Å². The summed E-state index contributed by atoms with van der Waals surface area (Å²) in [5, 5.41) is 0. The Hall–Kier alpha value is -2.51. The lowest BCUT2D eigenvalue weighted by Gasteiger charge is -2.08. The minimum atomic E-state index is -4.79. The molecule has 1 heterocycles. The second kappa shape index (κ2) is 5.86. The fourth-order valence-electron chi connectivity index (χ4n) is 1.53. The SMILES string of the molecule is CCOC(=O)c1coc(-c2cccc(OC(F)(F)F)c2)n1. The normalized spacial score (nSPS) is 11.2. The van der Waals surface area contributed by atoms with Gasteiger partial charge in [0.05, 0.1) is 6.61 Å². The van der Waals surface area contributed by atoms with Gasteiger partial charge in [0.2, 0.25) is 5.89 Å². The van der Waals surface area contributed by atoms with Crippen LogP contribution in [-0.2, 0) is 4.74 Å². The van der Waals surface area contributed by atoms with Gasteiger partial charge in [-0.15, -0.1) is 13.2 Å². The topological polar surface area (TPSA) is 61.6 Å². The molecule has 0 N–H and O–H groups in total. The van der Waals surface area contributed by atoms with Crippen LogP contribution in [0.15, 0.2) is 34.9 Å². The van der Waals surface area contributed by atoms with E-state index >= 15 is 0 Å². The molecule has 1 aromatic heterocycles. The van der Waals surface area contributed by atoms with Crippen LogP contribution in [0.5, 0.6) is 5.75 Å². The van der Waals surface area contributed by atoms with Crippen molar-refractivity contribution >= 4 is 5.97 Å². The summed E-state index contributed by atoms with van der Waals surface area (Å²) >= 11 is 0. The molecule has 0 aliphatic rings. The fraction of sp³-hybridized carbons (Fsp3) is 0.231. The van der Waals surface area contributed by atoms with E-state index in [-0.39, 0.29) is 23.8 Å². The van der Waals surface area contributed by atoms with Gasteiger partial charge in [-0.3, -0.25) is 0 Å². The average molecular weight is 301 g/mol. The number of hydrogen-bond acceptors (Lipinski definition) is 5. The quantitative estimate of drug-likeness (QED) is 0.810. The Morgan fingerprint density at radius 2 is 2.14 bits per heavy atom. The Morgan fingerprint density at radius 1 is 1.38 bits per heavy atom. The molecule has 112 valence electrons. The van der Waals surface area contributed by atoms with E-state index in [9.17, 15) is 18.0 Å². The molecule has 0 aliphatic carbocycles. The van der Waals surface area contributed by atoms with Gasteiger partial charge in [-0.2, -0.15) is 0 Å². The maximum absolute atomic E-state index is 12.1. The van der Waals surface area contributed by atoms with Crippen molar-refractivity contribution in [3.63, 3.8) is 0 Å². The van der Waals surface area contributed by atoms with Gasteiger partial charge in [0.25, 0.3) is 0 Å². The molecule has 1 aromatic carbocycles. The van der Waals surface area contributed by atoms with Crippen molar-refractivity contribution in [2.75, 3.05) is 6.61 Å². The number of aromatic nitrogens is 1. The third-order valence-corrected chi connectivity index (χ3v) is 2.30. The zero-order valence-electron chi connectivity index (χ0n) is 10.8. The first kappa shape index (κ1) is 14.9. The zero-order chi connectivity index (χ0) is 15.5. The zero-order valence-corrected chi connectivity index (χ0v) is 10.8. The third kappa shape index (κ3) is 3.98. The van der Waals surface area contributed by atoms with Crippen LogP contribution in [0.4, 0.5) is 13.2 Å². The predicted molar refractivity (Wildman–Crippen MR) is 64.6 cm³/mol. The number of benzene rings is 1. The first-order chi connectivity index (χ1) is 9.89. The molecule has 21 heavy (non-hydrogen) atoms. The Labute approximate surface area is 117 Å².